The van der Waals surface area contributed by atoms with Crippen LogP contribution >= 0.6 is 23.2 Å². The molecule has 0 bridgehead atoms. The van der Waals surface area contributed by atoms with Gasteiger partial charge in [0.05, 0.1) is 22.2 Å². The maximum atomic E-state index is 13.6. The highest BCUT2D eigenvalue weighted by molar-refractivity contribution is 6.37. The summed E-state index contributed by atoms with van der Waals surface area (Å²) < 4.78 is 19.0. The summed E-state index contributed by atoms with van der Waals surface area (Å²) in [5, 5.41) is 5.25. The molecule has 0 saturated carbocycles. The van der Waals surface area contributed by atoms with Crippen LogP contribution in [-0.2, 0) is 0 Å². The quantitative estimate of drug-likeness (QED) is 0.453. The first-order valence-corrected chi connectivity index (χ1v) is 9.73. The molecular weight excluding hydrogens is 430 g/mol. The van der Waals surface area contributed by atoms with Gasteiger partial charge in [0.1, 0.15) is 11.6 Å². The normalized spacial score (nSPS) is 10.4. The van der Waals surface area contributed by atoms with E-state index in [1.54, 1.807) is 48.5 Å². The fraction of sp³-hybridized carbons (Fsp3) is 0.0909. The van der Waals surface area contributed by atoms with Crippen LogP contribution < -0.4 is 15.4 Å². The summed E-state index contributed by atoms with van der Waals surface area (Å²) in [4.78, 5) is 24.7. The Morgan fingerprint density at radius 1 is 0.867 bits per heavy atom. The minimum atomic E-state index is -0.743. The third-order valence-corrected chi connectivity index (χ3v) is 4.69. The van der Waals surface area contributed by atoms with E-state index in [1.807, 2.05) is 6.92 Å². The van der Waals surface area contributed by atoms with E-state index in [2.05, 4.69) is 10.6 Å². The number of hydrogen-bond acceptors (Lipinski definition) is 3. The molecule has 154 valence electrons. The minimum absolute atomic E-state index is 0.0326. The number of nitrogens with one attached hydrogen (secondary N) is 2. The molecule has 5 nitrogen and oxygen atoms in total. The molecule has 0 heterocycles. The Hall–Kier alpha value is -3.09. The molecule has 3 aromatic carbocycles. The number of carbonyl (C=O) groups excluding carboxylic acids is 2. The summed E-state index contributed by atoms with van der Waals surface area (Å²) in [6.07, 6.45) is 0. The van der Waals surface area contributed by atoms with Crippen molar-refractivity contribution in [3.05, 3.63) is 87.7 Å². The summed E-state index contributed by atoms with van der Waals surface area (Å²) in [6, 6.07) is 15.4. The minimum Gasteiger partial charge on any atom is -0.494 e. The highest BCUT2D eigenvalue weighted by Gasteiger charge is 2.15. The summed E-state index contributed by atoms with van der Waals surface area (Å²) >= 11 is 11.6. The third kappa shape index (κ3) is 5.28. The number of benzene rings is 3. The Morgan fingerprint density at radius 3 is 2.03 bits per heavy atom. The lowest BCUT2D eigenvalue weighted by Crippen LogP contribution is -2.14. The molecule has 0 radical (unpaired) electrons. The van der Waals surface area contributed by atoms with E-state index < -0.39 is 11.7 Å². The number of amides is 2. The van der Waals surface area contributed by atoms with Gasteiger partial charge in [0, 0.05) is 16.9 Å². The molecule has 0 atom stereocenters. The smallest absolute Gasteiger partial charge is 0.257 e. The lowest BCUT2D eigenvalue weighted by Gasteiger charge is -2.09. The van der Waals surface area contributed by atoms with Crippen LogP contribution in [0.4, 0.5) is 15.8 Å². The van der Waals surface area contributed by atoms with Gasteiger partial charge in [-0.3, -0.25) is 9.59 Å². The number of carbonyl (C=O) groups is 2. The molecule has 3 aromatic rings. The maximum absolute atomic E-state index is 13.6. The number of anilines is 2. The SMILES string of the molecule is CCOc1ccc(NC(=O)c2ccc(NC(=O)c3cc(F)c(Cl)cc3Cl)cc2)cc1. The molecule has 0 saturated heterocycles. The molecule has 30 heavy (non-hydrogen) atoms. The zero-order valence-electron chi connectivity index (χ0n) is 15.8. The van der Waals surface area contributed by atoms with Crippen LogP contribution in [0.15, 0.2) is 60.7 Å². The second-order valence-corrected chi connectivity index (χ2v) is 7.00. The Kier molecular flexibility index (Phi) is 6.92. The monoisotopic (exact) mass is 446 g/mol. The fourth-order valence-electron chi connectivity index (χ4n) is 2.60. The van der Waals surface area contributed by atoms with Gasteiger partial charge in [0.2, 0.25) is 0 Å². The molecule has 0 unspecified atom stereocenters. The van der Waals surface area contributed by atoms with E-state index in [0.29, 0.717) is 23.5 Å². The van der Waals surface area contributed by atoms with Gasteiger partial charge in [-0.25, -0.2) is 4.39 Å². The van der Waals surface area contributed by atoms with Crippen molar-refractivity contribution in [3.63, 3.8) is 0 Å². The summed E-state index contributed by atoms with van der Waals surface area (Å²) in [7, 11) is 0. The molecule has 8 heteroatoms. The number of rotatable bonds is 6. The summed E-state index contributed by atoms with van der Waals surface area (Å²) in [5.41, 5.74) is 1.40. The van der Waals surface area contributed by atoms with Crippen LogP contribution in [0.3, 0.4) is 0 Å². The topological polar surface area (TPSA) is 67.4 Å². The first kappa shape index (κ1) is 21.6. The molecular formula is C22H17Cl2FN2O3. The van der Waals surface area contributed by atoms with Crippen LogP contribution in [0.1, 0.15) is 27.6 Å². The molecule has 0 aliphatic carbocycles. The molecule has 0 aliphatic rings. The van der Waals surface area contributed by atoms with Gasteiger partial charge in [-0.1, -0.05) is 23.2 Å². The Labute approximate surface area is 182 Å². The predicted molar refractivity (Wildman–Crippen MR) is 116 cm³/mol. The van der Waals surface area contributed by atoms with Gasteiger partial charge >= 0.3 is 0 Å². The average molecular weight is 447 g/mol. The number of hydrogen-bond donors (Lipinski definition) is 2. The summed E-state index contributed by atoms with van der Waals surface area (Å²) in [6.45, 7) is 2.46. The lowest BCUT2D eigenvalue weighted by atomic mass is 10.1. The van der Waals surface area contributed by atoms with Crippen molar-refractivity contribution in [2.24, 2.45) is 0 Å². The van der Waals surface area contributed by atoms with Gasteiger partial charge in [-0.2, -0.15) is 0 Å². The Morgan fingerprint density at radius 2 is 1.43 bits per heavy atom. The van der Waals surface area contributed by atoms with Gasteiger partial charge < -0.3 is 15.4 Å². The van der Waals surface area contributed by atoms with E-state index in [9.17, 15) is 14.0 Å². The molecule has 2 amide bonds. The maximum Gasteiger partial charge on any atom is 0.257 e. The molecule has 2 N–H and O–H groups in total. The van der Waals surface area contributed by atoms with E-state index in [0.717, 1.165) is 11.8 Å². The van der Waals surface area contributed by atoms with Crippen molar-refractivity contribution in [3.8, 4) is 5.75 Å². The number of ether oxygens (including phenoxy) is 1. The largest absolute Gasteiger partial charge is 0.494 e. The van der Waals surface area contributed by atoms with E-state index in [-0.39, 0.29) is 21.5 Å². The lowest BCUT2D eigenvalue weighted by molar-refractivity contribution is 0.101. The summed E-state index contributed by atoms with van der Waals surface area (Å²) in [5.74, 6) is -0.925. The highest BCUT2D eigenvalue weighted by Crippen LogP contribution is 2.25. The number of halogens is 3. The van der Waals surface area contributed by atoms with Gasteiger partial charge in [0.25, 0.3) is 11.8 Å². The zero-order valence-corrected chi connectivity index (χ0v) is 17.4. The van der Waals surface area contributed by atoms with E-state index in [1.165, 1.54) is 6.07 Å². The van der Waals surface area contributed by atoms with Gasteiger partial charge in [-0.05, 0) is 67.6 Å². The Balaban J connectivity index is 1.65. The van der Waals surface area contributed by atoms with Crippen LogP contribution in [-0.4, -0.2) is 18.4 Å². The molecule has 0 spiro atoms. The first-order valence-electron chi connectivity index (χ1n) is 8.97. The highest BCUT2D eigenvalue weighted by atomic mass is 35.5. The second-order valence-electron chi connectivity index (χ2n) is 6.19. The molecule has 3 rings (SSSR count). The van der Waals surface area contributed by atoms with Crippen LogP contribution in [0.5, 0.6) is 5.75 Å². The van der Waals surface area contributed by atoms with Crippen LogP contribution in [0.25, 0.3) is 0 Å². The standard InChI is InChI=1S/C22H17Cl2FN2O3/c1-2-30-16-9-7-15(8-10-16)26-21(28)13-3-5-14(6-4-13)27-22(29)17-11-20(25)19(24)12-18(17)23/h3-12H,2H2,1H3,(H,26,28)(H,27,29). The van der Waals surface area contributed by atoms with E-state index in [4.69, 9.17) is 27.9 Å². The predicted octanol–water partition coefficient (Wildman–Crippen LogP) is 6.04. The van der Waals surface area contributed by atoms with Crippen molar-refractivity contribution in [2.75, 3.05) is 17.2 Å². The van der Waals surface area contributed by atoms with Gasteiger partial charge in [-0.15, -0.1) is 0 Å². The fourth-order valence-corrected chi connectivity index (χ4v) is 3.07. The van der Waals surface area contributed by atoms with Crippen molar-refractivity contribution < 1.29 is 18.7 Å². The van der Waals surface area contributed by atoms with Crippen LogP contribution in [0, 0.1) is 5.82 Å². The van der Waals surface area contributed by atoms with Gasteiger partial charge in [0.15, 0.2) is 0 Å². The third-order valence-electron chi connectivity index (χ3n) is 4.08. The Bertz CT molecular complexity index is 1070. The molecule has 0 aromatic heterocycles. The van der Waals surface area contributed by atoms with Crippen molar-refractivity contribution in [2.45, 2.75) is 6.92 Å². The van der Waals surface area contributed by atoms with Crippen molar-refractivity contribution in [1.82, 2.24) is 0 Å². The zero-order chi connectivity index (χ0) is 21.7. The second kappa shape index (κ2) is 9.61. The molecule has 0 fully saturated rings. The van der Waals surface area contributed by atoms with Crippen LogP contribution in [0.2, 0.25) is 10.0 Å². The molecule has 0 aliphatic heterocycles. The first-order chi connectivity index (χ1) is 14.4. The average Bonchev–Trinajstić information content (AvgIpc) is 2.72. The van der Waals surface area contributed by atoms with E-state index >= 15 is 0 Å². The van der Waals surface area contributed by atoms with Crippen molar-refractivity contribution in [1.29, 1.82) is 0 Å². The van der Waals surface area contributed by atoms with Crippen molar-refractivity contribution >= 4 is 46.4 Å².